The molecule has 2 aromatic carbocycles. The van der Waals surface area contributed by atoms with Crippen LogP contribution in [0.25, 0.3) is 10.9 Å². The summed E-state index contributed by atoms with van der Waals surface area (Å²) < 4.78 is 36.8. The lowest BCUT2D eigenvalue weighted by Gasteiger charge is -2.12. The normalized spacial score (nSPS) is 11.9. The number of ether oxygens (including phenoxy) is 4. The number of amides is 1. The number of carbonyl (C=O) groups excluding carboxylic acids is 1. The number of nitrogens with zero attached hydrogens (tertiary/aromatic N) is 3. The number of methoxy groups -OCH3 is 2. The lowest BCUT2D eigenvalue weighted by atomic mass is 10.0. The van der Waals surface area contributed by atoms with Crippen molar-refractivity contribution in [2.24, 2.45) is 10.7 Å². The van der Waals surface area contributed by atoms with Crippen LogP contribution in [0.4, 0.5) is 15.9 Å². The third-order valence-electron chi connectivity index (χ3n) is 6.18. The van der Waals surface area contributed by atoms with E-state index in [1.54, 1.807) is 69.8 Å². The number of halogens is 1. The van der Waals surface area contributed by atoms with Crippen LogP contribution in [0.5, 0.6) is 23.0 Å². The maximum absolute atomic E-state index is 14.5. The van der Waals surface area contributed by atoms with Crippen LogP contribution in [0, 0.1) is 5.82 Å². The number of carbonyl (C=O) groups is 1. The lowest BCUT2D eigenvalue weighted by Crippen LogP contribution is -2.23. The Morgan fingerprint density at radius 3 is 2.45 bits per heavy atom. The standard InChI is InChI=1S/C31H32FN5O5/c1-6-41-28(17-35-23-9-7-19(18(2)3)13-22(23)32)30(33)31(38)37-29-10-8-20(16-36-29)42-25-11-12-34-24-15-27(40-5)26(39-4)14-21(24)25/h7-18H,6,33H2,1-5H3,(H,36,37,38). The number of allylic oxidation sites excluding steroid dienone is 1. The van der Waals surface area contributed by atoms with Gasteiger partial charge in [-0.15, -0.1) is 0 Å². The van der Waals surface area contributed by atoms with E-state index in [-0.39, 0.29) is 35.5 Å². The van der Waals surface area contributed by atoms with E-state index in [0.717, 1.165) is 5.56 Å². The van der Waals surface area contributed by atoms with Gasteiger partial charge in [0.05, 0.1) is 44.4 Å². The highest BCUT2D eigenvalue weighted by molar-refractivity contribution is 6.06. The van der Waals surface area contributed by atoms with Crippen LogP contribution in [0.3, 0.4) is 0 Å². The quantitative estimate of drug-likeness (QED) is 0.122. The summed E-state index contributed by atoms with van der Waals surface area (Å²) in [4.78, 5) is 25.6. The molecule has 0 fully saturated rings. The Labute approximate surface area is 243 Å². The van der Waals surface area contributed by atoms with Crippen LogP contribution in [0.15, 0.2) is 77.4 Å². The van der Waals surface area contributed by atoms with E-state index in [2.05, 4.69) is 20.3 Å². The number of pyridine rings is 2. The molecule has 4 aromatic rings. The molecule has 2 heterocycles. The zero-order valence-corrected chi connectivity index (χ0v) is 24.0. The first kappa shape index (κ1) is 29.8. The van der Waals surface area contributed by atoms with E-state index >= 15 is 0 Å². The summed E-state index contributed by atoms with van der Waals surface area (Å²) in [6.45, 7) is 5.90. The van der Waals surface area contributed by atoms with Crippen molar-refractivity contribution in [3.63, 3.8) is 0 Å². The molecule has 1 amide bonds. The summed E-state index contributed by atoms with van der Waals surface area (Å²) in [6.07, 6.45) is 4.30. The number of aromatic nitrogens is 2. The highest BCUT2D eigenvalue weighted by Gasteiger charge is 2.15. The second-order valence-corrected chi connectivity index (χ2v) is 9.30. The summed E-state index contributed by atoms with van der Waals surface area (Å²) in [6, 6.07) is 13.3. The fourth-order valence-corrected chi connectivity index (χ4v) is 3.93. The molecule has 0 aliphatic carbocycles. The van der Waals surface area contributed by atoms with Gasteiger partial charge in [0, 0.05) is 17.6 Å². The number of fused-ring (bicyclic) bond motifs is 1. The number of hydrogen-bond acceptors (Lipinski definition) is 9. The molecule has 0 spiro atoms. The topological polar surface area (TPSA) is 130 Å². The molecule has 42 heavy (non-hydrogen) atoms. The van der Waals surface area contributed by atoms with Gasteiger partial charge in [-0.2, -0.15) is 0 Å². The van der Waals surface area contributed by atoms with Gasteiger partial charge < -0.3 is 30.0 Å². The molecule has 2 aromatic heterocycles. The first-order valence-corrected chi connectivity index (χ1v) is 13.2. The van der Waals surface area contributed by atoms with Gasteiger partial charge in [-0.3, -0.25) is 9.78 Å². The van der Waals surface area contributed by atoms with Gasteiger partial charge in [0.25, 0.3) is 5.91 Å². The van der Waals surface area contributed by atoms with E-state index in [1.807, 2.05) is 13.8 Å². The number of nitrogens with one attached hydrogen (secondary N) is 1. The maximum Gasteiger partial charge on any atom is 0.276 e. The predicted octanol–water partition coefficient (Wildman–Crippen LogP) is 6.25. The third-order valence-corrected chi connectivity index (χ3v) is 6.18. The zero-order chi connectivity index (χ0) is 30.2. The SMILES string of the molecule is CCOC(C=Nc1ccc(C(C)C)cc1F)=C(N)C(=O)Nc1ccc(Oc2ccnc3cc(OC)c(OC)cc23)cn1. The van der Waals surface area contributed by atoms with Crippen LogP contribution >= 0.6 is 0 Å². The fraction of sp³-hybridized carbons (Fsp3) is 0.226. The van der Waals surface area contributed by atoms with Crippen molar-refractivity contribution in [3.05, 3.63) is 83.8 Å². The van der Waals surface area contributed by atoms with E-state index in [1.165, 1.54) is 18.5 Å². The van der Waals surface area contributed by atoms with E-state index in [9.17, 15) is 9.18 Å². The largest absolute Gasteiger partial charge is 0.493 e. The molecule has 11 heteroatoms. The average Bonchev–Trinajstić information content (AvgIpc) is 2.99. The molecule has 10 nitrogen and oxygen atoms in total. The smallest absolute Gasteiger partial charge is 0.276 e. The molecule has 0 aliphatic rings. The molecule has 0 atom stereocenters. The van der Waals surface area contributed by atoms with Crippen molar-refractivity contribution < 1.29 is 28.1 Å². The lowest BCUT2D eigenvalue weighted by molar-refractivity contribution is -0.113. The minimum absolute atomic E-state index is 0.00101. The number of nitrogens with two attached hydrogens (primary N) is 1. The van der Waals surface area contributed by atoms with Gasteiger partial charge in [-0.05, 0) is 54.8 Å². The number of aliphatic imine (C=N–C) groups is 1. The number of hydrogen-bond donors (Lipinski definition) is 2. The molecule has 0 aliphatic heterocycles. The molecule has 0 saturated heterocycles. The zero-order valence-electron chi connectivity index (χ0n) is 24.0. The Morgan fingerprint density at radius 1 is 1.05 bits per heavy atom. The van der Waals surface area contributed by atoms with E-state index in [4.69, 9.17) is 24.7 Å². The average molecular weight is 574 g/mol. The first-order chi connectivity index (χ1) is 20.2. The van der Waals surface area contributed by atoms with Crippen molar-refractivity contribution in [1.29, 1.82) is 0 Å². The van der Waals surface area contributed by atoms with Crippen LogP contribution in [0.1, 0.15) is 32.3 Å². The Hall–Kier alpha value is -5.19. The first-order valence-electron chi connectivity index (χ1n) is 13.2. The molecule has 218 valence electrons. The summed E-state index contributed by atoms with van der Waals surface area (Å²) in [5.74, 6) is 1.29. The predicted molar refractivity (Wildman–Crippen MR) is 159 cm³/mol. The van der Waals surface area contributed by atoms with Gasteiger partial charge in [0.2, 0.25) is 0 Å². The summed E-state index contributed by atoms with van der Waals surface area (Å²) in [5.41, 5.74) is 7.44. The molecule has 0 radical (unpaired) electrons. The summed E-state index contributed by atoms with van der Waals surface area (Å²) in [5, 5.41) is 3.33. The molecule has 0 bridgehead atoms. The molecular weight excluding hydrogens is 541 g/mol. The summed E-state index contributed by atoms with van der Waals surface area (Å²) >= 11 is 0. The number of anilines is 1. The molecule has 4 rings (SSSR count). The van der Waals surface area contributed by atoms with Crippen LogP contribution in [-0.4, -0.2) is 42.9 Å². The van der Waals surface area contributed by atoms with Gasteiger partial charge >= 0.3 is 0 Å². The van der Waals surface area contributed by atoms with Gasteiger partial charge in [0.15, 0.2) is 17.3 Å². The number of benzene rings is 2. The van der Waals surface area contributed by atoms with Crippen molar-refractivity contribution in [3.8, 4) is 23.0 Å². The van der Waals surface area contributed by atoms with E-state index < -0.39 is 11.7 Å². The Balaban J connectivity index is 1.49. The van der Waals surface area contributed by atoms with E-state index in [0.29, 0.717) is 33.9 Å². The Kier molecular flexibility index (Phi) is 9.53. The highest BCUT2D eigenvalue weighted by atomic mass is 19.1. The van der Waals surface area contributed by atoms with Crippen LogP contribution in [0.2, 0.25) is 0 Å². The van der Waals surface area contributed by atoms with Gasteiger partial charge in [-0.1, -0.05) is 19.9 Å². The molecular formula is C31H32FN5O5. The van der Waals surface area contributed by atoms with Crippen molar-refractivity contribution in [2.45, 2.75) is 26.7 Å². The molecule has 0 saturated carbocycles. The summed E-state index contributed by atoms with van der Waals surface area (Å²) in [7, 11) is 3.10. The minimum atomic E-state index is -0.664. The highest BCUT2D eigenvalue weighted by Crippen LogP contribution is 2.36. The van der Waals surface area contributed by atoms with Crippen molar-refractivity contribution in [1.82, 2.24) is 9.97 Å². The fourth-order valence-electron chi connectivity index (χ4n) is 3.93. The third kappa shape index (κ3) is 6.92. The number of rotatable bonds is 11. The Morgan fingerprint density at radius 2 is 1.81 bits per heavy atom. The Bertz CT molecular complexity index is 1640. The van der Waals surface area contributed by atoms with Crippen LogP contribution in [-0.2, 0) is 9.53 Å². The molecule has 3 N–H and O–H groups in total. The monoisotopic (exact) mass is 573 g/mol. The van der Waals surface area contributed by atoms with Crippen molar-refractivity contribution >= 4 is 34.5 Å². The maximum atomic E-state index is 14.5. The van der Waals surface area contributed by atoms with Crippen LogP contribution < -0.4 is 25.3 Å². The van der Waals surface area contributed by atoms with Gasteiger partial charge in [-0.25, -0.2) is 14.4 Å². The van der Waals surface area contributed by atoms with Crippen molar-refractivity contribution in [2.75, 3.05) is 26.1 Å². The van der Waals surface area contributed by atoms with Gasteiger partial charge in [0.1, 0.15) is 28.8 Å². The second kappa shape index (κ2) is 13.4. The molecule has 0 unspecified atom stereocenters. The second-order valence-electron chi connectivity index (χ2n) is 9.30. The minimum Gasteiger partial charge on any atom is -0.493 e.